The normalized spacial score (nSPS) is 10.9. The predicted octanol–water partition coefficient (Wildman–Crippen LogP) is 7.04. The molecule has 0 unspecified atom stereocenters. The van der Waals surface area contributed by atoms with Crippen LogP contribution in [0.2, 0.25) is 5.02 Å². The molecule has 1 N–H and O–H groups in total. The van der Waals surface area contributed by atoms with Crippen molar-refractivity contribution in [1.29, 1.82) is 0 Å². The van der Waals surface area contributed by atoms with E-state index in [4.69, 9.17) is 21.6 Å². The fraction of sp³-hybridized carbons (Fsp3) is 0.167. The Labute approximate surface area is 170 Å². The molecule has 0 saturated carbocycles. The topological polar surface area (TPSA) is 37.8 Å². The van der Waals surface area contributed by atoms with E-state index in [-0.39, 0.29) is 0 Å². The van der Waals surface area contributed by atoms with Gasteiger partial charge in [0, 0.05) is 21.7 Å². The van der Waals surface area contributed by atoms with Crippen molar-refractivity contribution in [3.8, 4) is 11.4 Å². The van der Waals surface area contributed by atoms with Crippen molar-refractivity contribution in [2.24, 2.45) is 0 Å². The Morgan fingerprint density at radius 1 is 0.857 bits per heavy atom. The van der Waals surface area contributed by atoms with E-state index in [9.17, 15) is 0 Å². The molecule has 4 rings (SSSR count). The number of aromatic nitrogens is 2. The predicted molar refractivity (Wildman–Crippen MR) is 118 cm³/mol. The number of benzene rings is 3. The summed E-state index contributed by atoms with van der Waals surface area (Å²) in [6.45, 7) is 2.21. The van der Waals surface area contributed by atoms with Gasteiger partial charge in [-0.15, -0.1) is 0 Å². The monoisotopic (exact) mass is 387 g/mol. The van der Waals surface area contributed by atoms with Crippen LogP contribution in [-0.4, -0.2) is 9.97 Å². The van der Waals surface area contributed by atoms with Crippen LogP contribution in [0.5, 0.6) is 0 Å². The highest BCUT2D eigenvalue weighted by Crippen LogP contribution is 2.28. The van der Waals surface area contributed by atoms with Gasteiger partial charge in [0.05, 0.1) is 5.52 Å². The first-order valence-electron chi connectivity index (χ1n) is 9.61. The van der Waals surface area contributed by atoms with Crippen LogP contribution in [-0.2, 0) is 6.42 Å². The molecule has 4 heteroatoms. The Hall–Kier alpha value is -2.91. The zero-order chi connectivity index (χ0) is 19.3. The molecule has 4 aromatic rings. The van der Waals surface area contributed by atoms with Gasteiger partial charge in [-0.05, 0) is 54.8 Å². The van der Waals surface area contributed by atoms with Gasteiger partial charge in [0.1, 0.15) is 5.82 Å². The van der Waals surface area contributed by atoms with Crippen molar-refractivity contribution in [2.45, 2.75) is 26.2 Å². The molecule has 28 heavy (non-hydrogen) atoms. The second-order valence-electron chi connectivity index (χ2n) is 6.85. The molecule has 0 atom stereocenters. The van der Waals surface area contributed by atoms with E-state index in [1.807, 2.05) is 48.5 Å². The lowest BCUT2D eigenvalue weighted by atomic mass is 10.1. The van der Waals surface area contributed by atoms with Crippen molar-refractivity contribution >= 4 is 34.0 Å². The first-order valence-corrected chi connectivity index (χ1v) is 9.99. The van der Waals surface area contributed by atoms with E-state index in [2.05, 4.69) is 36.5 Å². The molecule has 0 spiro atoms. The lowest BCUT2D eigenvalue weighted by Gasteiger charge is -2.11. The number of aryl methyl sites for hydroxylation is 1. The number of fused-ring (bicyclic) bond motifs is 1. The SMILES string of the molecule is CCCCc1ccc(-c2nc(Nc3ccc(Cl)cc3)c3ccccc3n2)cc1. The van der Waals surface area contributed by atoms with Crippen LogP contribution < -0.4 is 5.32 Å². The number of unbranched alkanes of at least 4 members (excludes halogenated alkanes) is 1. The number of nitrogens with one attached hydrogen (secondary N) is 1. The minimum absolute atomic E-state index is 0.710. The summed E-state index contributed by atoms with van der Waals surface area (Å²) in [6.07, 6.45) is 3.52. The maximum atomic E-state index is 6.01. The first-order chi connectivity index (χ1) is 13.7. The van der Waals surface area contributed by atoms with Gasteiger partial charge in [0.2, 0.25) is 0 Å². The molecule has 3 nitrogen and oxygen atoms in total. The van der Waals surface area contributed by atoms with Crippen molar-refractivity contribution in [3.63, 3.8) is 0 Å². The Bertz CT molecular complexity index is 1070. The number of anilines is 2. The summed E-state index contributed by atoms with van der Waals surface area (Å²) in [5.74, 6) is 1.51. The van der Waals surface area contributed by atoms with Crippen molar-refractivity contribution in [1.82, 2.24) is 9.97 Å². The van der Waals surface area contributed by atoms with Gasteiger partial charge in [0.25, 0.3) is 0 Å². The molecule has 0 amide bonds. The fourth-order valence-corrected chi connectivity index (χ4v) is 3.30. The van der Waals surface area contributed by atoms with Crippen LogP contribution >= 0.6 is 11.6 Å². The number of hydrogen-bond donors (Lipinski definition) is 1. The summed E-state index contributed by atoms with van der Waals surface area (Å²) < 4.78 is 0. The van der Waals surface area contributed by atoms with Crippen LogP contribution in [0.25, 0.3) is 22.3 Å². The molecule has 0 radical (unpaired) electrons. The maximum absolute atomic E-state index is 6.01. The second kappa shape index (κ2) is 8.41. The van der Waals surface area contributed by atoms with Gasteiger partial charge in [-0.1, -0.05) is 61.3 Å². The standard InChI is InChI=1S/C24H22ClN3/c1-2-3-6-17-9-11-18(12-10-17)23-27-22-8-5-4-7-21(22)24(28-23)26-20-15-13-19(25)14-16-20/h4-5,7-16H,2-3,6H2,1H3,(H,26,27,28). The molecular formula is C24H22ClN3. The van der Waals surface area contributed by atoms with Gasteiger partial charge < -0.3 is 5.32 Å². The average Bonchev–Trinajstić information content (AvgIpc) is 2.74. The molecule has 1 aromatic heterocycles. The van der Waals surface area contributed by atoms with Crippen LogP contribution in [0.15, 0.2) is 72.8 Å². The Kier molecular flexibility index (Phi) is 5.54. The van der Waals surface area contributed by atoms with Crippen LogP contribution in [0.4, 0.5) is 11.5 Å². The summed E-state index contributed by atoms with van der Waals surface area (Å²) in [5.41, 5.74) is 4.23. The zero-order valence-electron chi connectivity index (χ0n) is 15.8. The first kappa shape index (κ1) is 18.5. The van der Waals surface area contributed by atoms with Gasteiger partial charge in [0.15, 0.2) is 5.82 Å². The molecule has 3 aromatic carbocycles. The second-order valence-corrected chi connectivity index (χ2v) is 7.28. The van der Waals surface area contributed by atoms with Gasteiger partial charge >= 0.3 is 0 Å². The molecule has 140 valence electrons. The third-order valence-corrected chi connectivity index (χ3v) is 4.99. The summed E-state index contributed by atoms with van der Waals surface area (Å²) in [4.78, 5) is 9.61. The summed E-state index contributed by atoms with van der Waals surface area (Å²) in [5, 5.41) is 5.11. The lowest BCUT2D eigenvalue weighted by molar-refractivity contribution is 0.795. The highest BCUT2D eigenvalue weighted by atomic mass is 35.5. The average molecular weight is 388 g/mol. The third-order valence-electron chi connectivity index (χ3n) is 4.74. The highest BCUT2D eigenvalue weighted by Gasteiger charge is 2.10. The van der Waals surface area contributed by atoms with Gasteiger partial charge in [-0.2, -0.15) is 0 Å². The lowest BCUT2D eigenvalue weighted by Crippen LogP contribution is -1.99. The largest absolute Gasteiger partial charge is 0.340 e. The maximum Gasteiger partial charge on any atom is 0.162 e. The molecule has 0 bridgehead atoms. The highest BCUT2D eigenvalue weighted by molar-refractivity contribution is 6.30. The minimum Gasteiger partial charge on any atom is -0.340 e. The molecular weight excluding hydrogens is 366 g/mol. The smallest absolute Gasteiger partial charge is 0.162 e. The van der Waals surface area contributed by atoms with E-state index in [1.165, 1.54) is 18.4 Å². The summed E-state index contributed by atoms with van der Waals surface area (Å²) in [6, 6.07) is 24.2. The van der Waals surface area contributed by atoms with Gasteiger partial charge in [-0.25, -0.2) is 9.97 Å². The van der Waals surface area contributed by atoms with E-state index in [0.717, 1.165) is 40.2 Å². The van der Waals surface area contributed by atoms with E-state index in [0.29, 0.717) is 5.02 Å². The van der Waals surface area contributed by atoms with Crippen molar-refractivity contribution in [2.75, 3.05) is 5.32 Å². The number of nitrogens with zero attached hydrogens (tertiary/aromatic N) is 2. The van der Waals surface area contributed by atoms with Crippen LogP contribution in [0, 0.1) is 0 Å². The zero-order valence-corrected chi connectivity index (χ0v) is 16.6. The molecule has 0 fully saturated rings. The van der Waals surface area contributed by atoms with E-state index < -0.39 is 0 Å². The third kappa shape index (κ3) is 4.15. The summed E-state index contributed by atoms with van der Waals surface area (Å²) >= 11 is 6.01. The summed E-state index contributed by atoms with van der Waals surface area (Å²) in [7, 11) is 0. The fourth-order valence-electron chi connectivity index (χ4n) is 3.17. The number of rotatable bonds is 6. The van der Waals surface area contributed by atoms with Gasteiger partial charge in [-0.3, -0.25) is 0 Å². The number of para-hydroxylation sites is 1. The molecule has 0 aliphatic heterocycles. The Morgan fingerprint density at radius 3 is 2.36 bits per heavy atom. The number of hydrogen-bond acceptors (Lipinski definition) is 3. The number of halogens is 1. The minimum atomic E-state index is 0.710. The molecule has 1 heterocycles. The molecule has 0 aliphatic rings. The van der Waals surface area contributed by atoms with E-state index >= 15 is 0 Å². The Morgan fingerprint density at radius 2 is 1.61 bits per heavy atom. The molecule has 0 saturated heterocycles. The molecule has 0 aliphatic carbocycles. The Balaban J connectivity index is 1.72. The van der Waals surface area contributed by atoms with Crippen LogP contribution in [0.3, 0.4) is 0 Å². The van der Waals surface area contributed by atoms with E-state index in [1.54, 1.807) is 0 Å². The van der Waals surface area contributed by atoms with Crippen molar-refractivity contribution < 1.29 is 0 Å². The van der Waals surface area contributed by atoms with Crippen molar-refractivity contribution in [3.05, 3.63) is 83.4 Å². The van der Waals surface area contributed by atoms with Crippen LogP contribution in [0.1, 0.15) is 25.3 Å². The quantitative estimate of drug-likeness (QED) is 0.385.